The second-order valence-electron chi connectivity index (χ2n) is 6.51. The van der Waals surface area contributed by atoms with Crippen LogP contribution in [0.15, 0.2) is 18.5 Å². The van der Waals surface area contributed by atoms with Crippen LogP contribution in [0.5, 0.6) is 0 Å². The van der Waals surface area contributed by atoms with Crippen LogP contribution in [0.3, 0.4) is 0 Å². The van der Waals surface area contributed by atoms with Crippen molar-refractivity contribution >= 4 is 17.1 Å². The molecule has 1 amide bonds. The van der Waals surface area contributed by atoms with Crippen LogP contribution in [0.25, 0.3) is 11.2 Å². The second-order valence-corrected chi connectivity index (χ2v) is 6.51. The molecule has 2 aliphatic rings. The fourth-order valence-corrected chi connectivity index (χ4v) is 3.23. The second kappa shape index (κ2) is 5.80. The van der Waals surface area contributed by atoms with Crippen LogP contribution in [0, 0.1) is 0 Å². The van der Waals surface area contributed by atoms with E-state index < -0.39 is 5.79 Å². The molecule has 0 spiro atoms. The Labute approximate surface area is 138 Å². The van der Waals surface area contributed by atoms with Crippen molar-refractivity contribution in [1.82, 2.24) is 20.3 Å². The van der Waals surface area contributed by atoms with Crippen molar-refractivity contribution in [2.75, 3.05) is 13.2 Å². The summed E-state index contributed by atoms with van der Waals surface area (Å²) in [4.78, 5) is 23.7. The Morgan fingerprint density at radius 2 is 2.33 bits per heavy atom. The van der Waals surface area contributed by atoms with Gasteiger partial charge in [-0.3, -0.25) is 9.78 Å². The fraction of sp³-hybridized carbons (Fsp3) is 0.562. The average Bonchev–Trinajstić information content (AvgIpc) is 3.13. The number of nitrogens with zero attached hydrogens (tertiary/aromatic N) is 2. The number of carbonyl (C=O) groups excluding carboxylic acids is 1. The molecule has 0 aromatic carbocycles. The lowest BCUT2D eigenvalue weighted by Gasteiger charge is -2.31. The molecule has 2 fully saturated rings. The van der Waals surface area contributed by atoms with Crippen LogP contribution < -0.4 is 5.32 Å². The van der Waals surface area contributed by atoms with Gasteiger partial charge in [-0.15, -0.1) is 0 Å². The van der Waals surface area contributed by atoms with Gasteiger partial charge in [-0.2, -0.15) is 0 Å². The third-order valence-corrected chi connectivity index (χ3v) is 4.28. The first-order valence-electron chi connectivity index (χ1n) is 8.07. The van der Waals surface area contributed by atoms with Crippen LogP contribution in [0.2, 0.25) is 0 Å². The van der Waals surface area contributed by atoms with Gasteiger partial charge in [0.25, 0.3) is 5.91 Å². The minimum atomic E-state index is -0.616. The maximum Gasteiger partial charge on any atom is 0.271 e. The molecule has 4 heterocycles. The van der Waals surface area contributed by atoms with Crippen LogP contribution in [-0.2, 0) is 14.2 Å². The Balaban J connectivity index is 1.41. The first-order chi connectivity index (χ1) is 11.5. The van der Waals surface area contributed by atoms with Gasteiger partial charge in [0.05, 0.1) is 12.3 Å². The summed E-state index contributed by atoms with van der Waals surface area (Å²) >= 11 is 0. The molecule has 4 rings (SSSR count). The Morgan fingerprint density at radius 3 is 3.21 bits per heavy atom. The number of H-pyrrole nitrogens is 1. The topological polar surface area (TPSA) is 98.4 Å². The van der Waals surface area contributed by atoms with Gasteiger partial charge < -0.3 is 24.5 Å². The quantitative estimate of drug-likeness (QED) is 0.870. The molecular weight excluding hydrogens is 312 g/mol. The van der Waals surface area contributed by atoms with E-state index in [0.29, 0.717) is 18.8 Å². The number of rotatable bonds is 3. The summed E-state index contributed by atoms with van der Waals surface area (Å²) in [6.07, 6.45) is 3.59. The van der Waals surface area contributed by atoms with E-state index >= 15 is 0 Å². The van der Waals surface area contributed by atoms with Crippen LogP contribution in [0.4, 0.5) is 0 Å². The number of hydrogen-bond donors (Lipinski definition) is 2. The van der Waals surface area contributed by atoms with Crippen molar-refractivity contribution in [3.05, 3.63) is 24.2 Å². The summed E-state index contributed by atoms with van der Waals surface area (Å²) in [6, 6.07) is 1.80. The lowest BCUT2D eigenvalue weighted by molar-refractivity contribution is -0.153. The Hall–Kier alpha value is -2.03. The Bertz CT molecular complexity index is 759. The van der Waals surface area contributed by atoms with Crippen LogP contribution in [0.1, 0.15) is 30.8 Å². The highest BCUT2D eigenvalue weighted by atomic mass is 16.8. The van der Waals surface area contributed by atoms with Crippen molar-refractivity contribution in [2.24, 2.45) is 0 Å². The summed E-state index contributed by atoms with van der Waals surface area (Å²) in [5.41, 5.74) is 1.58. The largest absolute Gasteiger partial charge is 0.373 e. The zero-order chi connectivity index (χ0) is 16.7. The molecule has 128 valence electrons. The smallest absolute Gasteiger partial charge is 0.271 e. The molecule has 24 heavy (non-hydrogen) atoms. The Morgan fingerprint density at radius 1 is 1.46 bits per heavy atom. The third-order valence-electron chi connectivity index (χ3n) is 4.28. The summed E-state index contributed by atoms with van der Waals surface area (Å²) in [5.74, 6) is -0.905. The zero-order valence-electron chi connectivity index (χ0n) is 13.6. The summed E-state index contributed by atoms with van der Waals surface area (Å²) in [5, 5.41) is 2.85. The molecule has 2 aromatic rings. The molecule has 0 saturated carbocycles. The van der Waals surface area contributed by atoms with Gasteiger partial charge >= 0.3 is 0 Å². The predicted octanol–water partition coefficient (Wildman–Crippen LogP) is 0.997. The number of carbonyl (C=O) groups is 1. The van der Waals surface area contributed by atoms with Crippen LogP contribution >= 0.6 is 0 Å². The number of nitrogens with one attached hydrogen (secondary N) is 2. The van der Waals surface area contributed by atoms with E-state index in [1.54, 1.807) is 12.3 Å². The van der Waals surface area contributed by atoms with Gasteiger partial charge in [0.1, 0.15) is 23.4 Å². The molecule has 2 N–H and O–H groups in total. The number of amides is 1. The van der Waals surface area contributed by atoms with E-state index in [4.69, 9.17) is 14.2 Å². The van der Waals surface area contributed by atoms with Gasteiger partial charge in [-0.1, -0.05) is 0 Å². The number of hydrogen-bond acceptors (Lipinski definition) is 6. The summed E-state index contributed by atoms with van der Waals surface area (Å²) in [6.45, 7) is 4.71. The van der Waals surface area contributed by atoms with Crippen molar-refractivity contribution < 1.29 is 19.0 Å². The molecule has 0 bridgehead atoms. The fourth-order valence-electron chi connectivity index (χ4n) is 3.23. The number of aromatic amines is 1. The van der Waals surface area contributed by atoms with E-state index in [0.717, 1.165) is 11.9 Å². The van der Waals surface area contributed by atoms with Crippen molar-refractivity contribution in [3.63, 3.8) is 0 Å². The molecule has 2 saturated heterocycles. The van der Waals surface area contributed by atoms with Gasteiger partial charge in [0, 0.05) is 19.3 Å². The molecule has 8 heteroatoms. The molecule has 3 unspecified atom stereocenters. The number of ether oxygens (including phenoxy) is 3. The lowest BCUT2D eigenvalue weighted by Crippen LogP contribution is -2.48. The van der Waals surface area contributed by atoms with Crippen molar-refractivity contribution in [1.29, 1.82) is 0 Å². The molecule has 2 aliphatic heterocycles. The minimum absolute atomic E-state index is 0.00529. The normalized spacial score (nSPS) is 28.7. The van der Waals surface area contributed by atoms with E-state index in [9.17, 15) is 4.79 Å². The summed E-state index contributed by atoms with van der Waals surface area (Å²) < 4.78 is 17.6. The highest BCUT2D eigenvalue weighted by Gasteiger charge is 2.47. The molecule has 8 nitrogen and oxygen atoms in total. The van der Waals surface area contributed by atoms with Crippen molar-refractivity contribution in [2.45, 2.75) is 44.4 Å². The van der Waals surface area contributed by atoms with Gasteiger partial charge in [-0.05, 0) is 26.3 Å². The lowest BCUT2D eigenvalue weighted by atomic mass is 10.0. The maximum absolute atomic E-state index is 12.3. The third kappa shape index (κ3) is 2.88. The first-order valence-corrected chi connectivity index (χ1v) is 8.07. The zero-order valence-corrected chi connectivity index (χ0v) is 13.6. The van der Waals surface area contributed by atoms with Gasteiger partial charge in [-0.25, -0.2) is 4.98 Å². The number of aromatic nitrogens is 3. The van der Waals surface area contributed by atoms with Crippen molar-refractivity contribution in [3.8, 4) is 0 Å². The Kier molecular flexibility index (Phi) is 3.75. The number of fused-ring (bicyclic) bond motifs is 2. The molecule has 3 atom stereocenters. The monoisotopic (exact) mass is 332 g/mol. The molecular formula is C16H20N4O4. The first kappa shape index (κ1) is 15.5. The predicted molar refractivity (Wildman–Crippen MR) is 84.4 cm³/mol. The van der Waals surface area contributed by atoms with E-state index in [1.165, 1.54) is 6.20 Å². The van der Waals surface area contributed by atoms with Gasteiger partial charge in [0.2, 0.25) is 0 Å². The standard InChI is InChI=1S/C16H20N4O4/c1-16(2)23-11-4-6-22-12(13(11)24-16)8-19-15(21)10-7-18-9-3-5-17-14(9)20-10/h3,5,7,11-13H,4,6,8H2,1-2H3,(H,17,20)(H,19,21). The van der Waals surface area contributed by atoms with E-state index in [1.807, 2.05) is 13.8 Å². The average molecular weight is 332 g/mol. The van der Waals surface area contributed by atoms with E-state index in [-0.39, 0.29) is 29.9 Å². The van der Waals surface area contributed by atoms with E-state index in [2.05, 4.69) is 20.3 Å². The highest BCUT2D eigenvalue weighted by molar-refractivity contribution is 5.93. The SMILES string of the molecule is CC1(C)OC2CCOC(CNC(=O)c3cnc4cc[nH]c4n3)C2O1. The highest BCUT2D eigenvalue weighted by Crippen LogP contribution is 2.34. The van der Waals surface area contributed by atoms with Gasteiger partial charge in [0.15, 0.2) is 11.4 Å². The maximum atomic E-state index is 12.3. The molecule has 2 aromatic heterocycles. The molecule has 0 radical (unpaired) electrons. The van der Waals surface area contributed by atoms with Crippen LogP contribution in [-0.4, -0.2) is 58.1 Å². The summed E-state index contributed by atoms with van der Waals surface area (Å²) in [7, 11) is 0. The molecule has 0 aliphatic carbocycles. The minimum Gasteiger partial charge on any atom is -0.373 e.